The summed E-state index contributed by atoms with van der Waals surface area (Å²) < 4.78 is 28.7. The maximum atomic E-state index is 12.8. The number of nitrogens with zero attached hydrogens (tertiary/aromatic N) is 3. The Hall–Kier alpha value is -2.72. The van der Waals surface area contributed by atoms with Crippen molar-refractivity contribution < 1.29 is 18.0 Å². The monoisotopic (exact) mass is 419 g/mol. The van der Waals surface area contributed by atoms with Crippen molar-refractivity contribution in [2.75, 3.05) is 26.7 Å². The molecule has 0 radical (unpaired) electrons. The van der Waals surface area contributed by atoms with E-state index in [1.807, 2.05) is 0 Å². The molecule has 2 aromatic rings. The number of sulfonamides is 1. The van der Waals surface area contributed by atoms with Gasteiger partial charge in [-0.15, -0.1) is 0 Å². The molecule has 2 amide bonds. The van der Waals surface area contributed by atoms with Crippen molar-refractivity contribution in [3.63, 3.8) is 0 Å². The summed E-state index contributed by atoms with van der Waals surface area (Å²) in [5.74, 6) is -0.217. The predicted octanol–water partition coefficient (Wildman–Crippen LogP) is 0.610. The molecular weight excluding hydrogens is 394 g/mol. The number of aromatic nitrogens is 2. The minimum absolute atomic E-state index is 0.175. The first-order valence-electron chi connectivity index (χ1n) is 9.40. The van der Waals surface area contributed by atoms with Crippen LogP contribution in [0.2, 0.25) is 0 Å². The quantitative estimate of drug-likeness (QED) is 0.712. The van der Waals surface area contributed by atoms with Gasteiger partial charge >= 0.3 is 0 Å². The van der Waals surface area contributed by atoms with Crippen molar-refractivity contribution in [3.8, 4) is 0 Å². The molecule has 29 heavy (non-hydrogen) atoms. The first-order valence-corrected chi connectivity index (χ1v) is 10.8. The van der Waals surface area contributed by atoms with Crippen LogP contribution in [0.25, 0.3) is 0 Å². The standard InChI is InChI=1S/C19H25N5O4S/c1-20-18(25)15-3-5-17(6-4-15)29(27,28)24-9-7-14(8-10-24)11-21-19(26)16-12-22-23(2)13-16/h3-6,12-14H,7-11H2,1-2H3,(H,20,25)(H,21,26). The number of carbonyl (C=O) groups is 2. The number of hydrogen-bond donors (Lipinski definition) is 2. The van der Waals surface area contributed by atoms with Crippen molar-refractivity contribution >= 4 is 21.8 Å². The summed E-state index contributed by atoms with van der Waals surface area (Å²) in [4.78, 5) is 23.9. The number of carbonyl (C=O) groups excluding carboxylic acids is 2. The molecule has 156 valence electrons. The maximum absolute atomic E-state index is 12.8. The zero-order valence-corrected chi connectivity index (χ0v) is 17.3. The van der Waals surface area contributed by atoms with Crippen molar-refractivity contribution in [3.05, 3.63) is 47.8 Å². The Morgan fingerprint density at radius 2 is 1.76 bits per heavy atom. The molecule has 1 aliphatic rings. The van der Waals surface area contributed by atoms with Gasteiger partial charge in [0.25, 0.3) is 11.8 Å². The lowest BCUT2D eigenvalue weighted by atomic mass is 9.98. The molecule has 0 atom stereocenters. The minimum atomic E-state index is -3.60. The molecule has 1 saturated heterocycles. The second kappa shape index (κ2) is 8.75. The minimum Gasteiger partial charge on any atom is -0.355 e. The van der Waals surface area contributed by atoms with E-state index in [1.54, 1.807) is 17.9 Å². The lowest BCUT2D eigenvalue weighted by Gasteiger charge is -2.31. The van der Waals surface area contributed by atoms with Gasteiger partial charge in [0, 0.05) is 45.5 Å². The number of nitrogens with one attached hydrogen (secondary N) is 2. The molecule has 2 heterocycles. The van der Waals surface area contributed by atoms with Gasteiger partial charge in [0.1, 0.15) is 0 Å². The average Bonchev–Trinajstić information content (AvgIpc) is 3.18. The Labute approximate surface area is 170 Å². The van der Waals surface area contributed by atoms with Crippen LogP contribution in [-0.2, 0) is 17.1 Å². The van der Waals surface area contributed by atoms with Gasteiger partial charge in [-0.2, -0.15) is 9.40 Å². The molecule has 0 bridgehead atoms. The summed E-state index contributed by atoms with van der Waals surface area (Å²) in [6.07, 6.45) is 4.51. The molecule has 10 heteroatoms. The fourth-order valence-electron chi connectivity index (χ4n) is 3.30. The SMILES string of the molecule is CNC(=O)c1ccc(S(=O)(=O)N2CCC(CNC(=O)c3cnn(C)c3)CC2)cc1. The molecule has 1 aliphatic heterocycles. The second-order valence-corrected chi connectivity index (χ2v) is 9.00. The van der Waals surface area contributed by atoms with Crippen molar-refractivity contribution in [1.29, 1.82) is 0 Å². The van der Waals surface area contributed by atoms with Crippen LogP contribution >= 0.6 is 0 Å². The van der Waals surface area contributed by atoms with Crippen LogP contribution in [0, 0.1) is 5.92 Å². The first kappa shape index (κ1) is 21.0. The number of rotatable bonds is 6. The van der Waals surface area contributed by atoms with Crippen molar-refractivity contribution in [2.45, 2.75) is 17.7 Å². The Morgan fingerprint density at radius 1 is 1.10 bits per heavy atom. The van der Waals surface area contributed by atoms with E-state index in [9.17, 15) is 18.0 Å². The largest absolute Gasteiger partial charge is 0.355 e. The Kier molecular flexibility index (Phi) is 6.33. The molecule has 0 saturated carbocycles. The van der Waals surface area contributed by atoms with Crippen LogP contribution in [-0.4, -0.2) is 61.0 Å². The van der Waals surface area contributed by atoms with Crippen LogP contribution < -0.4 is 10.6 Å². The molecule has 1 aromatic heterocycles. The molecular formula is C19H25N5O4S. The normalized spacial score (nSPS) is 15.8. The summed E-state index contributed by atoms with van der Waals surface area (Å²) in [6, 6.07) is 5.93. The molecule has 2 N–H and O–H groups in total. The van der Waals surface area contributed by atoms with Crippen LogP contribution in [0.3, 0.4) is 0 Å². The van der Waals surface area contributed by atoms with E-state index >= 15 is 0 Å². The van der Waals surface area contributed by atoms with Crippen LogP contribution in [0.4, 0.5) is 0 Å². The zero-order chi connectivity index (χ0) is 21.0. The van der Waals surface area contributed by atoms with Crippen molar-refractivity contribution in [2.24, 2.45) is 13.0 Å². The Balaban J connectivity index is 1.54. The number of hydrogen-bond acceptors (Lipinski definition) is 5. The molecule has 0 unspecified atom stereocenters. The highest BCUT2D eigenvalue weighted by molar-refractivity contribution is 7.89. The zero-order valence-electron chi connectivity index (χ0n) is 16.5. The van der Waals surface area contributed by atoms with Gasteiger partial charge in [-0.05, 0) is 43.0 Å². The van der Waals surface area contributed by atoms with Crippen LogP contribution in [0.1, 0.15) is 33.6 Å². The van der Waals surface area contributed by atoms with E-state index in [-0.39, 0.29) is 22.6 Å². The van der Waals surface area contributed by atoms with Crippen LogP contribution in [0.5, 0.6) is 0 Å². The predicted molar refractivity (Wildman–Crippen MR) is 107 cm³/mol. The van der Waals surface area contributed by atoms with Crippen LogP contribution in [0.15, 0.2) is 41.6 Å². The number of amides is 2. The molecule has 0 spiro atoms. The summed E-state index contributed by atoms with van der Waals surface area (Å²) >= 11 is 0. The number of benzene rings is 1. The van der Waals surface area contributed by atoms with Gasteiger partial charge in [-0.25, -0.2) is 8.42 Å². The lowest BCUT2D eigenvalue weighted by molar-refractivity contribution is 0.0939. The van der Waals surface area contributed by atoms with E-state index < -0.39 is 10.0 Å². The lowest BCUT2D eigenvalue weighted by Crippen LogP contribution is -2.41. The van der Waals surface area contributed by atoms with Gasteiger partial charge in [0.15, 0.2) is 0 Å². The molecule has 3 rings (SSSR count). The van der Waals surface area contributed by atoms with Gasteiger partial charge < -0.3 is 10.6 Å². The highest BCUT2D eigenvalue weighted by Gasteiger charge is 2.29. The van der Waals surface area contributed by atoms with Gasteiger partial charge in [0.05, 0.1) is 16.7 Å². The summed E-state index contributed by atoms with van der Waals surface area (Å²) in [7, 11) is -0.330. The van der Waals surface area contributed by atoms with E-state index in [0.717, 1.165) is 0 Å². The smallest absolute Gasteiger partial charge is 0.254 e. The number of aryl methyl sites for hydroxylation is 1. The third kappa shape index (κ3) is 4.83. The highest BCUT2D eigenvalue weighted by atomic mass is 32.2. The second-order valence-electron chi connectivity index (χ2n) is 7.06. The number of piperidine rings is 1. The summed E-state index contributed by atoms with van der Waals surface area (Å²) in [5, 5.41) is 9.38. The maximum Gasteiger partial charge on any atom is 0.254 e. The van der Waals surface area contributed by atoms with Gasteiger partial charge in [0.2, 0.25) is 10.0 Å². The fourth-order valence-corrected chi connectivity index (χ4v) is 4.77. The summed E-state index contributed by atoms with van der Waals surface area (Å²) in [6.45, 7) is 1.29. The molecule has 9 nitrogen and oxygen atoms in total. The molecule has 1 fully saturated rings. The van der Waals surface area contributed by atoms with Crippen molar-refractivity contribution in [1.82, 2.24) is 24.7 Å². The van der Waals surface area contributed by atoms with E-state index in [4.69, 9.17) is 0 Å². The van der Waals surface area contributed by atoms with Gasteiger partial charge in [-0.1, -0.05) is 0 Å². The fraction of sp³-hybridized carbons (Fsp3) is 0.421. The van der Waals surface area contributed by atoms with E-state index in [0.29, 0.717) is 43.6 Å². The topological polar surface area (TPSA) is 113 Å². The molecule has 0 aliphatic carbocycles. The highest BCUT2D eigenvalue weighted by Crippen LogP contribution is 2.24. The Bertz CT molecular complexity index is 976. The molecule has 1 aromatic carbocycles. The van der Waals surface area contributed by atoms with E-state index in [1.165, 1.54) is 41.8 Å². The third-order valence-electron chi connectivity index (χ3n) is 5.07. The van der Waals surface area contributed by atoms with Gasteiger partial charge in [-0.3, -0.25) is 14.3 Å². The third-order valence-corrected chi connectivity index (χ3v) is 6.99. The first-order chi connectivity index (χ1) is 13.8. The summed E-state index contributed by atoms with van der Waals surface area (Å²) in [5.41, 5.74) is 0.919. The van der Waals surface area contributed by atoms with E-state index in [2.05, 4.69) is 15.7 Å². The average molecular weight is 420 g/mol. The Morgan fingerprint density at radius 3 is 2.31 bits per heavy atom.